The molecule has 128 valence electrons. The molecule has 0 unspecified atom stereocenters. The fourth-order valence-corrected chi connectivity index (χ4v) is 2.89. The van der Waals surface area contributed by atoms with E-state index in [9.17, 15) is 4.79 Å². The van der Waals surface area contributed by atoms with Crippen molar-refractivity contribution >= 4 is 28.0 Å². The molecule has 0 spiro atoms. The van der Waals surface area contributed by atoms with Crippen molar-refractivity contribution in [1.82, 2.24) is 15.3 Å². The summed E-state index contributed by atoms with van der Waals surface area (Å²) in [6.45, 7) is 0.393. The lowest BCUT2D eigenvalue weighted by Gasteiger charge is -2.10. The molecular formula is C21H17N3O2. The number of aromatic nitrogens is 2. The van der Waals surface area contributed by atoms with Crippen LogP contribution in [0, 0.1) is 0 Å². The molecule has 5 heteroatoms. The summed E-state index contributed by atoms with van der Waals surface area (Å²) in [5, 5.41) is 2.92. The van der Waals surface area contributed by atoms with Gasteiger partial charge in [0.25, 0.3) is 5.91 Å². The van der Waals surface area contributed by atoms with Crippen molar-refractivity contribution in [2.45, 2.75) is 6.54 Å². The number of hydrogen-bond acceptors (Lipinski definition) is 4. The quantitative estimate of drug-likeness (QED) is 0.574. The van der Waals surface area contributed by atoms with Gasteiger partial charge in [0.15, 0.2) is 0 Å². The fraction of sp³-hybridized carbons (Fsp3) is 0.0952. The Bertz CT molecular complexity index is 1110. The molecule has 0 bridgehead atoms. The maximum atomic E-state index is 12.5. The van der Waals surface area contributed by atoms with E-state index in [1.54, 1.807) is 19.2 Å². The molecular weight excluding hydrogens is 326 g/mol. The Hall–Kier alpha value is -3.47. The number of amides is 1. The minimum absolute atomic E-state index is 0.159. The van der Waals surface area contributed by atoms with Crippen LogP contribution in [0.25, 0.3) is 22.1 Å². The lowest BCUT2D eigenvalue weighted by molar-refractivity contribution is 0.0951. The normalized spacial score (nSPS) is 10.8. The molecule has 0 atom stereocenters. The highest BCUT2D eigenvalue weighted by Crippen LogP contribution is 2.19. The smallest absolute Gasteiger partial charge is 0.251 e. The standard InChI is InChI=1S/C21H17N3O2/c1-26-20-9-5-2-6-15(20)13-22-21(25)14-10-11-18-19(12-14)24-17-8-4-3-7-16(17)23-18/h2-12H,13H2,1H3,(H,22,25). The molecule has 5 nitrogen and oxygen atoms in total. The first-order chi connectivity index (χ1) is 12.7. The topological polar surface area (TPSA) is 64.1 Å². The number of hydrogen-bond donors (Lipinski definition) is 1. The Labute approximate surface area is 150 Å². The molecule has 0 radical (unpaired) electrons. The van der Waals surface area contributed by atoms with Gasteiger partial charge in [0, 0.05) is 17.7 Å². The molecule has 1 heterocycles. The molecule has 1 aromatic heterocycles. The second kappa shape index (κ2) is 6.80. The van der Waals surface area contributed by atoms with E-state index in [1.165, 1.54) is 0 Å². The largest absolute Gasteiger partial charge is 0.496 e. The van der Waals surface area contributed by atoms with Crippen molar-refractivity contribution in [2.75, 3.05) is 7.11 Å². The second-order valence-corrected chi connectivity index (χ2v) is 5.91. The van der Waals surface area contributed by atoms with Crippen LogP contribution in [-0.4, -0.2) is 23.0 Å². The van der Waals surface area contributed by atoms with Gasteiger partial charge in [0.1, 0.15) is 5.75 Å². The van der Waals surface area contributed by atoms with Crippen molar-refractivity contribution in [3.8, 4) is 5.75 Å². The zero-order chi connectivity index (χ0) is 17.9. The SMILES string of the molecule is COc1ccccc1CNC(=O)c1ccc2nc3ccccc3nc2c1. The van der Waals surface area contributed by atoms with E-state index in [0.717, 1.165) is 27.9 Å². The lowest BCUT2D eigenvalue weighted by atomic mass is 10.1. The van der Waals surface area contributed by atoms with Crippen molar-refractivity contribution in [3.05, 3.63) is 77.9 Å². The van der Waals surface area contributed by atoms with Crippen LogP contribution in [0.15, 0.2) is 66.7 Å². The molecule has 1 amide bonds. The van der Waals surface area contributed by atoms with E-state index in [0.29, 0.717) is 17.6 Å². The number of ether oxygens (including phenoxy) is 1. The molecule has 0 saturated heterocycles. The molecule has 0 fully saturated rings. The molecule has 1 N–H and O–H groups in total. The van der Waals surface area contributed by atoms with E-state index in [-0.39, 0.29) is 5.91 Å². The summed E-state index contributed by atoms with van der Waals surface area (Å²) in [7, 11) is 1.62. The zero-order valence-corrected chi connectivity index (χ0v) is 14.3. The number of nitrogens with one attached hydrogen (secondary N) is 1. The van der Waals surface area contributed by atoms with Gasteiger partial charge in [-0.2, -0.15) is 0 Å². The first-order valence-corrected chi connectivity index (χ1v) is 8.31. The Kier molecular flexibility index (Phi) is 4.19. The zero-order valence-electron chi connectivity index (χ0n) is 14.3. The van der Waals surface area contributed by atoms with Gasteiger partial charge in [-0.05, 0) is 36.4 Å². The second-order valence-electron chi connectivity index (χ2n) is 5.91. The number of carbonyl (C=O) groups excluding carboxylic acids is 1. The molecule has 4 aromatic rings. The van der Waals surface area contributed by atoms with Crippen LogP contribution in [-0.2, 0) is 6.54 Å². The monoisotopic (exact) mass is 343 g/mol. The number of fused-ring (bicyclic) bond motifs is 2. The van der Waals surface area contributed by atoms with Crippen LogP contribution < -0.4 is 10.1 Å². The van der Waals surface area contributed by atoms with E-state index in [2.05, 4.69) is 15.3 Å². The highest BCUT2D eigenvalue weighted by Gasteiger charge is 2.10. The average Bonchev–Trinajstić information content (AvgIpc) is 2.70. The van der Waals surface area contributed by atoms with E-state index < -0.39 is 0 Å². The number of carbonyl (C=O) groups is 1. The lowest BCUT2D eigenvalue weighted by Crippen LogP contribution is -2.23. The molecule has 26 heavy (non-hydrogen) atoms. The Morgan fingerprint density at radius 3 is 2.31 bits per heavy atom. The summed E-state index contributed by atoms with van der Waals surface area (Å²) in [4.78, 5) is 21.7. The third-order valence-electron chi connectivity index (χ3n) is 4.23. The highest BCUT2D eigenvalue weighted by molar-refractivity contribution is 5.98. The highest BCUT2D eigenvalue weighted by atomic mass is 16.5. The molecule has 0 saturated carbocycles. The number of para-hydroxylation sites is 3. The minimum Gasteiger partial charge on any atom is -0.496 e. The van der Waals surface area contributed by atoms with Crippen LogP contribution in [0.2, 0.25) is 0 Å². The predicted molar refractivity (Wildman–Crippen MR) is 101 cm³/mol. The fourth-order valence-electron chi connectivity index (χ4n) is 2.89. The van der Waals surface area contributed by atoms with Crippen LogP contribution in [0.1, 0.15) is 15.9 Å². The number of benzene rings is 3. The molecule has 4 rings (SSSR count). The third-order valence-corrected chi connectivity index (χ3v) is 4.23. The van der Waals surface area contributed by atoms with Gasteiger partial charge in [-0.1, -0.05) is 30.3 Å². The minimum atomic E-state index is -0.159. The summed E-state index contributed by atoms with van der Waals surface area (Å²) in [6.07, 6.45) is 0. The Morgan fingerprint density at radius 1 is 0.885 bits per heavy atom. The van der Waals surface area contributed by atoms with Crippen molar-refractivity contribution < 1.29 is 9.53 Å². The predicted octanol–water partition coefficient (Wildman–Crippen LogP) is 3.72. The van der Waals surface area contributed by atoms with Crippen molar-refractivity contribution in [2.24, 2.45) is 0 Å². The molecule has 0 aliphatic carbocycles. The average molecular weight is 343 g/mol. The first-order valence-electron chi connectivity index (χ1n) is 8.31. The molecule has 0 aliphatic heterocycles. The number of nitrogens with zero attached hydrogens (tertiary/aromatic N) is 2. The maximum absolute atomic E-state index is 12.5. The van der Waals surface area contributed by atoms with Gasteiger partial charge in [0.05, 0.1) is 29.2 Å². The summed E-state index contributed by atoms with van der Waals surface area (Å²) < 4.78 is 5.31. The van der Waals surface area contributed by atoms with Gasteiger partial charge in [-0.15, -0.1) is 0 Å². The third kappa shape index (κ3) is 3.07. The van der Waals surface area contributed by atoms with E-state index in [4.69, 9.17) is 4.74 Å². The summed E-state index contributed by atoms with van der Waals surface area (Å²) >= 11 is 0. The van der Waals surface area contributed by atoms with Gasteiger partial charge in [-0.3, -0.25) is 4.79 Å². The van der Waals surface area contributed by atoms with Crippen molar-refractivity contribution in [1.29, 1.82) is 0 Å². The van der Waals surface area contributed by atoms with E-state index in [1.807, 2.05) is 54.6 Å². The van der Waals surface area contributed by atoms with Gasteiger partial charge in [-0.25, -0.2) is 9.97 Å². The summed E-state index contributed by atoms with van der Waals surface area (Å²) in [6, 6.07) is 20.7. The van der Waals surface area contributed by atoms with Gasteiger partial charge < -0.3 is 10.1 Å². The molecule has 3 aromatic carbocycles. The number of rotatable bonds is 4. The van der Waals surface area contributed by atoms with Crippen LogP contribution in [0.5, 0.6) is 5.75 Å². The van der Waals surface area contributed by atoms with Crippen LogP contribution >= 0.6 is 0 Å². The first kappa shape index (κ1) is 16.0. The Balaban J connectivity index is 1.59. The van der Waals surface area contributed by atoms with Crippen molar-refractivity contribution in [3.63, 3.8) is 0 Å². The maximum Gasteiger partial charge on any atom is 0.251 e. The number of methoxy groups -OCH3 is 1. The summed E-state index contributed by atoms with van der Waals surface area (Å²) in [5.41, 5.74) is 4.60. The Morgan fingerprint density at radius 2 is 1.54 bits per heavy atom. The molecule has 0 aliphatic rings. The van der Waals surface area contributed by atoms with Crippen LogP contribution in [0.4, 0.5) is 0 Å². The van der Waals surface area contributed by atoms with Gasteiger partial charge >= 0.3 is 0 Å². The summed E-state index contributed by atoms with van der Waals surface area (Å²) in [5.74, 6) is 0.594. The van der Waals surface area contributed by atoms with E-state index >= 15 is 0 Å². The van der Waals surface area contributed by atoms with Crippen LogP contribution in [0.3, 0.4) is 0 Å². The van der Waals surface area contributed by atoms with Gasteiger partial charge in [0.2, 0.25) is 0 Å².